The van der Waals surface area contributed by atoms with Crippen LogP contribution < -0.4 is 10.6 Å². The van der Waals surface area contributed by atoms with Crippen molar-refractivity contribution in [3.63, 3.8) is 0 Å². The largest absolute Gasteiger partial charge is 0.350 e. The van der Waals surface area contributed by atoms with Gasteiger partial charge in [-0.25, -0.2) is 0 Å². The van der Waals surface area contributed by atoms with E-state index in [1.54, 1.807) is 11.9 Å². The monoisotopic (exact) mass is 504 g/mol. The van der Waals surface area contributed by atoms with Crippen molar-refractivity contribution in [2.45, 2.75) is 123 Å². The number of hydrogen-bond acceptors (Lipinski definition) is 4. The summed E-state index contributed by atoms with van der Waals surface area (Å²) in [7, 11) is 3.77. The minimum absolute atomic E-state index is 0.0406. The van der Waals surface area contributed by atoms with Crippen molar-refractivity contribution in [2.24, 2.45) is 11.8 Å². The highest BCUT2D eigenvalue weighted by molar-refractivity contribution is 5.93. The zero-order valence-corrected chi connectivity index (χ0v) is 23.9. The molecule has 1 heterocycles. The van der Waals surface area contributed by atoms with E-state index in [1.165, 1.54) is 32.1 Å². The highest BCUT2D eigenvalue weighted by Gasteiger charge is 2.34. The van der Waals surface area contributed by atoms with Gasteiger partial charge in [0.25, 0.3) is 0 Å². The summed E-state index contributed by atoms with van der Waals surface area (Å²) in [6.45, 7) is 10.8. The van der Waals surface area contributed by atoms with Crippen LogP contribution in [0.25, 0.3) is 0 Å². The predicted octanol–water partition coefficient (Wildman–Crippen LogP) is 4.27. The van der Waals surface area contributed by atoms with E-state index >= 15 is 0 Å². The first-order chi connectivity index (χ1) is 17.0. The highest BCUT2D eigenvalue weighted by Crippen LogP contribution is 2.20. The van der Waals surface area contributed by atoms with Gasteiger partial charge in [0.05, 0.1) is 12.1 Å². The molecular formula is C29H52N4O3. The quantitative estimate of drug-likeness (QED) is 0.460. The van der Waals surface area contributed by atoms with Gasteiger partial charge in [0.15, 0.2) is 0 Å². The number of hydrogen-bond donors (Lipinski definition) is 2. The van der Waals surface area contributed by atoms with Crippen molar-refractivity contribution in [3.8, 4) is 0 Å². The third kappa shape index (κ3) is 8.89. The summed E-state index contributed by atoms with van der Waals surface area (Å²) in [5, 5.41) is 6.29. The molecule has 36 heavy (non-hydrogen) atoms. The molecule has 0 bridgehead atoms. The van der Waals surface area contributed by atoms with E-state index in [0.29, 0.717) is 5.57 Å². The average Bonchev–Trinajstić information content (AvgIpc) is 2.81. The summed E-state index contributed by atoms with van der Waals surface area (Å²) in [5.41, 5.74) is 0.643. The second kappa shape index (κ2) is 14.7. The fraction of sp³-hybridized carbons (Fsp3) is 0.828. The molecule has 1 aliphatic carbocycles. The van der Waals surface area contributed by atoms with E-state index < -0.39 is 6.04 Å². The molecule has 1 unspecified atom stereocenters. The van der Waals surface area contributed by atoms with Crippen molar-refractivity contribution in [1.29, 1.82) is 0 Å². The predicted molar refractivity (Wildman–Crippen MR) is 146 cm³/mol. The van der Waals surface area contributed by atoms with Crippen molar-refractivity contribution in [1.82, 2.24) is 20.4 Å². The zero-order chi connectivity index (χ0) is 26.8. The SMILES string of the molecule is C/C(=C\[C@H](C(C)C)N(C)C(=O)[C@@H](NC(=O)C1CCCCN1C)C(C)C)C(=O)NC1CCCCCCC1. The number of nitrogens with zero attached hydrogens (tertiary/aromatic N) is 2. The van der Waals surface area contributed by atoms with Gasteiger partial charge in [-0.05, 0) is 58.0 Å². The molecule has 0 aromatic rings. The van der Waals surface area contributed by atoms with Gasteiger partial charge in [-0.1, -0.05) is 72.3 Å². The van der Waals surface area contributed by atoms with Crippen LogP contribution in [-0.2, 0) is 14.4 Å². The maximum atomic E-state index is 13.6. The maximum absolute atomic E-state index is 13.6. The van der Waals surface area contributed by atoms with Crippen LogP contribution in [0.1, 0.15) is 98.8 Å². The Bertz CT molecular complexity index is 756. The molecule has 206 valence electrons. The van der Waals surface area contributed by atoms with Crippen molar-refractivity contribution >= 4 is 17.7 Å². The van der Waals surface area contributed by atoms with Gasteiger partial charge in [0.1, 0.15) is 6.04 Å². The minimum Gasteiger partial charge on any atom is -0.350 e. The molecule has 7 heteroatoms. The normalized spacial score (nSPS) is 22.5. The Morgan fingerprint density at radius 2 is 1.47 bits per heavy atom. The number of carbonyl (C=O) groups excluding carboxylic acids is 3. The number of likely N-dealkylation sites (N-methyl/N-ethyl adjacent to an activating group) is 2. The molecule has 2 N–H and O–H groups in total. The third-order valence-electron chi connectivity index (χ3n) is 8.00. The first kappa shape index (κ1) is 30.3. The molecule has 2 fully saturated rings. The van der Waals surface area contributed by atoms with Gasteiger partial charge >= 0.3 is 0 Å². The van der Waals surface area contributed by atoms with Crippen LogP contribution in [0, 0.1) is 11.8 Å². The molecule has 3 amide bonds. The average molecular weight is 505 g/mol. The lowest BCUT2D eigenvalue weighted by Crippen LogP contribution is -2.57. The van der Waals surface area contributed by atoms with Crippen LogP contribution in [0.2, 0.25) is 0 Å². The molecule has 0 aromatic carbocycles. The van der Waals surface area contributed by atoms with Gasteiger partial charge in [-0.3, -0.25) is 19.3 Å². The smallest absolute Gasteiger partial charge is 0.246 e. The maximum Gasteiger partial charge on any atom is 0.246 e. The second-order valence-electron chi connectivity index (χ2n) is 11.8. The van der Waals surface area contributed by atoms with Crippen molar-refractivity contribution in [2.75, 3.05) is 20.6 Å². The van der Waals surface area contributed by atoms with Gasteiger partial charge < -0.3 is 15.5 Å². The van der Waals surface area contributed by atoms with E-state index in [0.717, 1.165) is 38.6 Å². The first-order valence-electron chi connectivity index (χ1n) is 14.3. The number of nitrogens with one attached hydrogen (secondary N) is 2. The van der Waals surface area contributed by atoms with Crippen LogP contribution in [0.3, 0.4) is 0 Å². The molecule has 0 spiro atoms. The van der Waals surface area contributed by atoms with Crippen LogP contribution >= 0.6 is 0 Å². The van der Waals surface area contributed by atoms with Gasteiger partial charge in [0.2, 0.25) is 17.7 Å². The summed E-state index contributed by atoms with van der Waals surface area (Å²) in [6.07, 6.45) is 13.1. The fourth-order valence-electron chi connectivity index (χ4n) is 5.52. The van der Waals surface area contributed by atoms with E-state index in [4.69, 9.17) is 0 Å². The molecule has 0 aromatic heterocycles. The van der Waals surface area contributed by atoms with Crippen LogP contribution in [-0.4, -0.2) is 72.3 Å². The number of amides is 3. The van der Waals surface area contributed by atoms with Gasteiger partial charge in [-0.2, -0.15) is 0 Å². The molecule has 0 radical (unpaired) electrons. The molecule has 2 aliphatic rings. The number of carbonyl (C=O) groups is 3. The van der Waals surface area contributed by atoms with E-state index in [2.05, 4.69) is 29.4 Å². The Hall–Kier alpha value is -1.89. The topological polar surface area (TPSA) is 81.8 Å². The summed E-state index contributed by atoms with van der Waals surface area (Å²) in [4.78, 5) is 43.5. The molecule has 7 nitrogen and oxygen atoms in total. The molecule has 1 saturated carbocycles. The zero-order valence-electron chi connectivity index (χ0n) is 23.9. The Labute approximate surface area is 219 Å². The number of piperidine rings is 1. The Morgan fingerprint density at radius 3 is 2.03 bits per heavy atom. The molecule has 1 aliphatic heterocycles. The van der Waals surface area contributed by atoms with Crippen molar-refractivity contribution in [3.05, 3.63) is 11.6 Å². The Kier molecular flexibility index (Phi) is 12.4. The molecule has 1 saturated heterocycles. The second-order valence-corrected chi connectivity index (χ2v) is 11.8. The van der Waals surface area contributed by atoms with Gasteiger partial charge in [-0.15, -0.1) is 0 Å². The van der Waals surface area contributed by atoms with Crippen molar-refractivity contribution < 1.29 is 14.4 Å². The molecule has 3 atom stereocenters. The van der Waals surface area contributed by atoms with Gasteiger partial charge in [0, 0.05) is 18.7 Å². The molecule has 2 rings (SSSR count). The third-order valence-corrected chi connectivity index (χ3v) is 8.00. The number of rotatable bonds is 9. The Balaban J connectivity index is 2.09. The van der Waals surface area contributed by atoms with Crippen LogP contribution in [0.15, 0.2) is 11.6 Å². The summed E-state index contributed by atoms with van der Waals surface area (Å²) in [5.74, 6) is -0.139. The van der Waals surface area contributed by atoms with E-state index in [-0.39, 0.29) is 47.7 Å². The number of likely N-dealkylation sites (tertiary alicyclic amines) is 1. The summed E-state index contributed by atoms with van der Waals surface area (Å²) in [6, 6.07) is -0.790. The highest BCUT2D eigenvalue weighted by atomic mass is 16.2. The lowest BCUT2D eigenvalue weighted by atomic mass is 9.95. The minimum atomic E-state index is -0.600. The lowest BCUT2D eigenvalue weighted by Gasteiger charge is -2.36. The molecular weight excluding hydrogens is 452 g/mol. The fourth-order valence-corrected chi connectivity index (χ4v) is 5.52. The van der Waals surface area contributed by atoms with Crippen LogP contribution in [0.4, 0.5) is 0 Å². The summed E-state index contributed by atoms with van der Waals surface area (Å²) >= 11 is 0. The summed E-state index contributed by atoms with van der Waals surface area (Å²) < 4.78 is 0. The standard InChI is InChI=1S/C29H52N4O3/c1-20(2)25(19-22(5)27(34)30-23-15-11-9-8-10-12-16-23)33(7)29(36)26(21(3)4)31-28(35)24-17-13-14-18-32(24)6/h19-21,23-26H,8-18H2,1-7H3,(H,30,34)(H,31,35)/b22-19+/t24?,25-,26+/m1/s1. The Morgan fingerprint density at radius 1 is 0.889 bits per heavy atom. The lowest BCUT2D eigenvalue weighted by molar-refractivity contribution is -0.139. The van der Waals surface area contributed by atoms with E-state index in [1.807, 2.05) is 33.9 Å². The first-order valence-corrected chi connectivity index (χ1v) is 14.3. The van der Waals surface area contributed by atoms with Crippen LogP contribution in [0.5, 0.6) is 0 Å². The van der Waals surface area contributed by atoms with E-state index in [9.17, 15) is 14.4 Å².